The maximum Gasteiger partial charge on any atom is 0.121 e. The second-order valence-electron chi connectivity index (χ2n) is 4.07. The van der Waals surface area contributed by atoms with Crippen molar-refractivity contribution < 1.29 is 5.11 Å². The Kier molecular flexibility index (Phi) is 3.25. The molecule has 0 bridgehead atoms. The zero-order valence-corrected chi connectivity index (χ0v) is 9.48. The van der Waals surface area contributed by atoms with Gasteiger partial charge in [-0.1, -0.05) is 48.5 Å². The van der Waals surface area contributed by atoms with Crippen molar-refractivity contribution in [2.75, 3.05) is 0 Å². The number of aryl methyl sites for hydroxylation is 3. The van der Waals surface area contributed by atoms with Crippen molar-refractivity contribution in [3.05, 3.63) is 65.2 Å². The fourth-order valence-electron chi connectivity index (χ4n) is 1.85. The number of hydrogen-bond acceptors (Lipinski definition) is 1. The van der Waals surface area contributed by atoms with Gasteiger partial charge >= 0.3 is 0 Å². The number of hydrogen-bond donors (Lipinski definition) is 1. The predicted molar refractivity (Wildman–Crippen MR) is 66.7 cm³/mol. The normalized spacial score (nSPS) is 10.3. The first-order valence-electron chi connectivity index (χ1n) is 5.59. The monoisotopic (exact) mass is 212 g/mol. The Morgan fingerprint density at radius 1 is 0.875 bits per heavy atom. The van der Waals surface area contributed by atoms with Crippen molar-refractivity contribution in [3.8, 4) is 5.75 Å². The van der Waals surface area contributed by atoms with Crippen molar-refractivity contribution in [2.24, 2.45) is 0 Å². The first kappa shape index (κ1) is 10.7. The first-order valence-corrected chi connectivity index (χ1v) is 5.59. The molecule has 0 aliphatic carbocycles. The van der Waals surface area contributed by atoms with Gasteiger partial charge < -0.3 is 5.11 Å². The summed E-state index contributed by atoms with van der Waals surface area (Å²) in [7, 11) is 0. The van der Waals surface area contributed by atoms with Crippen LogP contribution < -0.4 is 0 Å². The number of phenolic OH excluding ortho intramolecular Hbond substituents is 1. The molecule has 0 spiro atoms. The van der Waals surface area contributed by atoms with Gasteiger partial charge in [-0.3, -0.25) is 0 Å². The molecular weight excluding hydrogens is 196 g/mol. The van der Waals surface area contributed by atoms with Crippen LogP contribution in [0.3, 0.4) is 0 Å². The molecule has 1 N–H and O–H groups in total. The number of para-hydroxylation sites is 1. The second-order valence-corrected chi connectivity index (χ2v) is 4.07. The van der Waals surface area contributed by atoms with E-state index >= 15 is 0 Å². The molecular formula is C15H16O. The summed E-state index contributed by atoms with van der Waals surface area (Å²) in [6.07, 6.45) is 1.86. The standard InChI is InChI=1S/C15H16O/c1-12-6-5-9-14(15(12)16)11-10-13-7-3-2-4-8-13/h2-9,16H,10-11H2,1H3. The minimum absolute atomic E-state index is 0.443. The third-order valence-electron chi connectivity index (χ3n) is 2.85. The Morgan fingerprint density at radius 2 is 1.62 bits per heavy atom. The van der Waals surface area contributed by atoms with Gasteiger partial charge in [-0.2, -0.15) is 0 Å². The van der Waals surface area contributed by atoms with Crippen LogP contribution in [0.1, 0.15) is 16.7 Å². The molecule has 1 nitrogen and oxygen atoms in total. The van der Waals surface area contributed by atoms with Gasteiger partial charge in [0.05, 0.1) is 0 Å². The van der Waals surface area contributed by atoms with E-state index in [4.69, 9.17) is 0 Å². The lowest BCUT2D eigenvalue weighted by atomic mass is 10.0. The third kappa shape index (κ3) is 2.43. The van der Waals surface area contributed by atoms with Crippen LogP contribution >= 0.6 is 0 Å². The van der Waals surface area contributed by atoms with Gasteiger partial charge in [0.1, 0.15) is 5.75 Å². The van der Waals surface area contributed by atoms with E-state index in [0.717, 1.165) is 24.0 Å². The molecule has 0 fully saturated rings. The molecule has 0 unspecified atom stereocenters. The molecule has 0 amide bonds. The van der Waals surface area contributed by atoms with Gasteiger partial charge in [0.15, 0.2) is 0 Å². The lowest BCUT2D eigenvalue weighted by molar-refractivity contribution is 0.463. The lowest BCUT2D eigenvalue weighted by Crippen LogP contribution is -1.92. The number of phenols is 1. The second kappa shape index (κ2) is 4.84. The van der Waals surface area contributed by atoms with Gasteiger partial charge in [-0.15, -0.1) is 0 Å². The van der Waals surface area contributed by atoms with Crippen LogP contribution in [0, 0.1) is 6.92 Å². The summed E-state index contributed by atoms with van der Waals surface area (Å²) in [6.45, 7) is 1.93. The molecule has 0 atom stereocenters. The quantitative estimate of drug-likeness (QED) is 0.825. The smallest absolute Gasteiger partial charge is 0.121 e. The SMILES string of the molecule is Cc1cccc(CCc2ccccc2)c1O. The zero-order chi connectivity index (χ0) is 11.4. The van der Waals surface area contributed by atoms with E-state index in [0.29, 0.717) is 5.75 Å². The summed E-state index contributed by atoms with van der Waals surface area (Å²) in [5.41, 5.74) is 3.29. The molecule has 16 heavy (non-hydrogen) atoms. The lowest BCUT2D eigenvalue weighted by Gasteiger charge is -2.06. The minimum Gasteiger partial charge on any atom is -0.507 e. The van der Waals surface area contributed by atoms with Crippen molar-refractivity contribution in [1.82, 2.24) is 0 Å². The van der Waals surface area contributed by atoms with Crippen LogP contribution in [0.15, 0.2) is 48.5 Å². The third-order valence-corrected chi connectivity index (χ3v) is 2.85. The Balaban J connectivity index is 2.08. The number of aromatic hydroxyl groups is 1. The fraction of sp³-hybridized carbons (Fsp3) is 0.200. The van der Waals surface area contributed by atoms with Crippen LogP contribution in [-0.4, -0.2) is 5.11 Å². The summed E-state index contributed by atoms with van der Waals surface area (Å²) in [5.74, 6) is 0.443. The van der Waals surface area contributed by atoms with E-state index in [1.165, 1.54) is 5.56 Å². The summed E-state index contributed by atoms with van der Waals surface area (Å²) in [4.78, 5) is 0. The molecule has 2 aromatic carbocycles. The Bertz CT molecular complexity index is 460. The summed E-state index contributed by atoms with van der Waals surface area (Å²) in [5, 5.41) is 9.88. The zero-order valence-electron chi connectivity index (χ0n) is 9.48. The average Bonchev–Trinajstić information content (AvgIpc) is 2.32. The highest BCUT2D eigenvalue weighted by Crippen LogP contribution is 2.22. The van der Waals surface area contributed by atoms with Crippen molar-refractivity contribution in [2.45, 2.75) is 19.8 Å². The summed E-state index contributed by atoms with van der Waals surface area (Å²) >= 11 is 0. The highest BCUT2D eigenvalue weighted by Gasteiger charge is 2.03. The number of benzene rings is 2. The van der Waals surface area contributed by atoms with E-state index in [2.05, 4.69) is 12.1 Å². The molecule has 0 aromatic heterocycles. The molecule has 2 rings (SSSR count). The van der Waals surface area contributed by atoms with Crippen molar-refractivity contribution in [1.29, 1.82) is 0 Å². The van der Waals surface area contributed by atoms with Crippen LogP contribution in [0.5, 0.6) is 5.75 Å². The maximum absolute atomic E-state index is 9.88. The molecule has 0 aliphatic rings. The average molecular weight is 212 g/mol. The summed E-state index contributed by atoms with van der Waals surface area (Å²) < 4.78 is 0. The molecule has 82 valence electrons. The molecule has 0 saturated carbocycles. The van der Waals surface area contributed by atoms with E-state index in [9.17, 15) is 5.11 Å². The van der Waals surface area contributed by atoms with Crippen molar-refractivity contribution >= 4 is 0 Å². The van der Waals surface area contributed by atoms with Crippen LogP contribution in [0.4, 0.5) is 0 Å². The van der Waals surface area contributed by atoms with Crippen LogP contribution in [0.2, 0.25) is 0 Å². The highest BCUT2D eigenvalue weighted by molar-refractivity contribution is 5.39. The van der Waals surface area contributed by atoms with E-state index in [1.807, 2.05) is 43.3 Å². The largest absolute Gasteiger partial charge is 0.507 e. The van der Waals surface area contributed by atoms with E-state index < -0.39 is 0 Å². The van der Waals surface area contributed by atoms with Crippen LogP contribution in [0.25, 0.3) is 0 Å². The molecule has 0 radical (unpaired) electrons. The highest BCUT2D eigenvalue weighted by atomic mass is 16.3. The molecule has 0 heterocycles. The molecule has 2 aromatic rings. The van der Waals surface area contributed by atoms with Gasteiger partial charge in [0.25, 0.3) is 0 Å². The fourth-order valence-corrected chi connectivity index (χ4v) is 1.85. The predicted octanol–water partition coefficient (Wildman–Crippen LogP) is 3.49. The van der Waals surface area contributed by atoms with Gasteiger partial charge in [-0.25, -0.2) is 0 Å². The molecule has 1 heteroatoms. The topological polar surface area (TPSA) is 20.2 Å². The molecule has 0 saturated heterocycles. The minimum atomic E-state index is 0.443. The Labute approximate surface area is 96.4 Å². The molecule has 0 aliphatic heterocycles. The number of rotatable bonds is 3. The van der Waals surface area contributed by atoms with Gasteiger partial charge in [0.2, 0.25) is 0 Å². The first-order chi connectivity index (χ1) is 7.77. The van der Waals surface area contributed by atoms with Crippen molar-refractivity contribution in [3.63, 3.8) is 0 Å². The van der Waals surface area contributed by atoms with Crippen LogP contribution in [-0.2, 0) is 12.8 Å². The van der Waals surface area contributed by atoms with E-state index in [1.54, 1.807) is 0 Å². The van der Waals surface area contributed by atoms with E-state index in [-0.39, 0.29) is 0 Å². The summed E-state index contributed by atoms with van der Waals surface area (Å²) in [6, 6.07) is 16.3. The van der Waals surface area contributed by atoms with Gasteiger partial charge in [0, 0.05) is 0 Å². The Morgan fingerprint density at radius 3 is 2.38 bits per heavy atom. The Hall–Kier alpha value is -1.76. The van der Waals surface area contributed by atoms with Gasteiger partial charge in [-0.05, 0) is 36.5 Å². The maximum atomic E-state index is 9.88.